The summed E-state index contributed by atoms with van der Waals surface area (Å²) in [5.74, 6) is 2.15. The monoisotopic (exact) mass is 441 g/mol. The van der Waals surface area contributed by atoms with Crippen molar-refractivity contribution in [1.82, 2.24) is 0 Å². The van der Waals surface area contributed by atoms with Crippen molar-refractivity contribution in [2.24, 2.45) is 17.8 Å². The Labute approximate surface area is 188 Å². The molecule has 2 N–H and O–H groups in total. The number of carbonyl (C=O) groups is 2. The molecule has 1 amide bonds. The van der Waals surface area contributed by atoms with E-state index < -0.39 is 5.97 Å². The lowest BCUT2D eigenvalue weighted by molar-refractivity contribution is -0.00617. The number of hydrogen-bond donors (Lipinski definition) is 2. The van der Waals surface area contributed by atoms with Crippen molar-refractivity contribution in [3.05, 3.63) is 59.2 Å². The maximum atomic E-state index is 12.9. The van der Waals surface area contributed by atoms with Crippen LogP contribution in [0.25, 0.3) is 0 Å². The third-order valence-electron chi connectivity index (χ3n) is 7.46. The number of methoxy groups -OCH3 is 1. The Morgan fingerprint density at radius 3 is 2.00 bits per heavy atom. The van der Waals surface area contributed by atoms with Gasteiger partial charge in [-0.1, -0.05) is 0 Å². The van der Waals surface area contributed by atoms with E-state index in [0.29, 0.717) is 11.3 Å². The maximum Gasteiger partial charge on any atom is 0.335 e. The van der Waals surface area contributed by atoms with Gasteiger partial charge in [0, 0.05) is 16.8 Å². The Hall–Kier alpha value is -2.53. The number of ether oxygens (including phenoxy) is 1. The Kier molecular flexibility index (Phi) is 5.73. The molecule has 0 spiro atoms. The molecule has 4 aliphatic carbocycles. The van der Waals surface area contributed by atoms with Gasteiger partial charge in [-0.2, -0.15) is 0 Å². The van der Waals surface area contributed by atoms with Crippen molar-refractivity contribution in [2.75, 3.05) is 12.4 Å². The summed E-state index contributed by atoms with van der Waals surface area (Å²) >= 11 is 0. The van der Waals surface area contributed by atoms with E-state index in [1.54, 1.807) is 19.2 Å². The fraction of sp³-hybridized carbons (Fsp3) is 0.440. The first-order valence-electron chi connectivity index (χ1n) is 10.8. The molecule has 0 unspecified atom stereocenters. The van der Waals surface area contributed by atoms with Gasteiger partial charge >= 0.3 is 5.97 Å². The Morgan fingerprint density at radius 1 is 0.935 bits per heavy atom. The second-order valence-electron chi connectivity index (χ2n) is 9.45. The molecule has 5 nitrogen and oxygen atoms in total. The van der Waals surface area contributed by atoms with Gasteiger partial charge in [-0.3, -0.25) is 4.79 Å². The summed E-state index contributed by atoms with van der Waals surface area (Å²) in [6.07, 6.45) is 7.72. The van der Waals surface area contributed by atoms with Gasteiger partial charge in [0.2, 0.25) is 0 Å². The van der Waals surface area contributed by atoms with Crippen LogP contribution in [0.4, 0.5) is 5.69 Å². The minimum Gasteiger partial charge on any atom is -0.496 e. The molecule has 4 fully saturated rings. The standard InChI is InChI=1S/C25H27NO4.ClH/c1-30-22-7-4-19(23(27)26-20-5-2-18(3-6-20)24(28)29)11-21(22)25-12-15-8-16(13-25)10-17(9-15)14-25;/h2-7,11,15-17H,8-10,12-14H2,1H3,(H,26,27)(H,28,29);1H. The van der Waals surface area contributed by atoms with Gasteiger partial charge in [-0.25, -0.2) is 4.79 Å². The van der Waals surface area contributed by atoms with Crippen molar-refractivity contribution in [3.63, 3.8) is 0 Å². The predicted molar refractivity (Wildman–Crippen MR) is 121 cm³/mol. The molecular weight excluding hydrogens is 414 g/mol. The topological polar surface area (TPSA) is 75.6 Å². The summed E-state index contributed by atoms with van der Waals surface area (Å²) in [6.45, 7) is 0. The number of rotatable bonds is 5. The molecule has 6 rings (SSSR count). The molecule has 164 valence electrons. The molecule has 4 bridgehead atoms. The van der Waals surface area contributed by atoms with E-state index >= 15 is 0 Å². The second kappa shape index (κ2) is 8.19. The summed E-state index contributed by atoms with van der Waals surface area (Å²) in [5.41, 5.74) is 2.72. The zero-order chi connectivity index (χ0) is 20.9. The normalized spacial score (nSPS) is 28.0. The van der Waals surface area contributed by atoms with E-state index in [1.165, 1.54) is 56.2 Å². The molecule has 0 saturated heterocycles. The molecule has 0 aromatic heterocycles. The number of aromatic carboxylic acids is 1. The van der Waals surface area contributed by atoms with Gasteiger partial charge in [-0.05, 0) is 104 Å². The van der Waals surface area contributed by atoms with Gasteiger partial charge in [0.1, 0.15) is 5.75 Å². The number of carboxylic acids is 1. The van der Waals surface area contributed by atoms with Crippen molar-refractivity contribution in [3.8, 4) is 5.75 Å². The van der Waals surface area contributed by atoms with Crippen molar-refractivity contribution in [2.45, 2.75) is 43.9 Å². The molecule has 0 aliphatic heterocycles. The van der Waals surface area contributed by atoms with Crippen molar-refractivity contribution >= 4 is 30.0 Å². The van der Waals surface area contributed by atoms with Crippen LogP contribution in [0.5, 0.6) is 5.75 Å². The highest BCUT2D eigenvalue weighted by Crippen LogP contribution is 2.61. The summed E-state index contributed by atoms with van der Waals surface area (Å²) in [4.78, 5) is 24.0. The molecule has 4 saturated carbocycles. The lowest BCUT2D eigenvalue weighted by atomic mass is 9.48. The predicted octanol–water partition coefficient (Wildman–Crippen LogP) is 5.54. The van der Waals surface area contributed by atoms with Gasteiger partial charge in [-0.15, -0.1) is 12.4 Å². The number of nitrogens with one attached hydrogen (secondary N) is 1. The lowest BCUT2D eigenvalue weighted by Gasteiger charge is -2.57. The quantitative estimate of drug-likeness (QED) is 0.639. The number of carboxylic acid groups (broad SMARTS) is 1. The van der Waals surface area contributed by atoms with Crippen LogP contribution < -0.4 is 10.1 Å². The smallest absolute Gasteiger partial charge is 0.335 e. The number of benzene rings is 2. The van der Waals surface area contributed by atoms with Crippen LogP contribution in [0.2, 0.25) is 0 Å². The molecule has 31 heavy (non-hydrogen) atoms. The van der Waals surface area contributed by atoms with Crippen molar-refractivity contribution < 1.29 is 19.4 Å². The van der Waals surface area contributed by atoms with Crippen LogP contribution in [0.3, 0.4) is 0 Å². The second-order valence-corrected chi connectivity index (χ2v) is 9.45. The maximum absolute atomic E-state index is 12.9. The van der Waals surface area contributed by atoms with Crippen LogP contribution in [-0.4, -0.2) is 24.1 Å². The van der Waals surface area contributed by atoms with Crippen LogP contribution in [0.1, 0.15) is 64.8 Å². The summed E-state index contributed by atoms with van der Waals surface area (Å²) < 4.78 is 5.74. The number of hydrogen-bond acceptors (Lipinski definition) is 3. The summed E-state index contributed by atoms with van der Waals surface area (Å²) in [5, 5.41) is 11.9. The number of carbonyl (C=O) groups excluding carboxylic acids is 1. The van der Waals surface area contributed by atoms with Crippen molar-refractivity contribution in [1.29, 1.82) is 0 Å². The minimum absolute atomic E-state index is 0. The highest BCUT2D eigenvalue weighted by molar-refractivity contribution is 6.04. The Morgan fingerprint density at radius 2 is 1.48 bits per heavy atom. The molecule has 2 aromatic rings. The highest BCUT2D eigenvalue weighted by Gasteiger charge is 2.52. The first-order valence-corrected chi connectivity index (χ1v) is 10.8. The van der Waals surface area contributed by atoms with Crippen LogP contribution in [-0.2, 0) is 5.41 Å². The lowest BCUT2D eigenvalue weighted by Crippen LogP contribution is -2.48. The van der Waals surface area contributed by atoms with E-state index in [9.17, 15) is 9.59 Å². The summed E-state index contributed by atoms with van der Waals surface area (Å²) in [6, 6.07) is 12.0. The van der Waals surface area contributed by atoms with Crippen LogP contribution in [0.15, 0.2) is 42.5 Å². The molecule has 2 aromatic carbocycles. The van der Waals surface area contributed by atoms with E-state index in [2.05, 4.69) is 5.32 Å². The summed E-state index contributed by atoms with van der Waals surface area (Å²) in [7, 11) is 1.71. The molecule has 6 heteroatoms. The van der Waals surface area contributed by atoms with Gasteiger partial charge in [0.15, 0.2) is 0 Å². The number of anilines is 1. The average molecular weight is 442 g/mol. The van der Waals surface area contributed by atoms with E-state index in [0.717, 1.165) is 23.5 Å². The van der Waals surface area contributed by atoms with E-state index in [1.807, 2.05) is 18.2 Å². The molecule has 0 radical (unpaired) electrons. The van der Waals surface area contributed by atoms with Crippen LogP contribution in [0, 0.1) is 17.8 Å². The SMILES string of the molecule is COc1ccc(C(=O)Nc2ccc(C(=O)O)cc2)cc1C12CC3CC(CC(C3)C1)C2.Cl. The zero-order valence-electron chi connectivity index (χ0n) is 17.6. The first-order chi connectivity index (χ1) is 14.5. The van der Waals surface area contributed by atoms with Crippen LogP contribution >= 0.6 is 12.4 Å². The number of halogens is 1. The largest absolute Gasteiger partial charge is 0.496 e. The minimum atomic E-state index is -0.983. The Bertz CT molecular complexity index is 966. The fourth-order valence-corrected chi connectivity index (χ4v) is 6.60. The fourth-order valence-electron chi connectivity index (χ4n) is 6.60. The molecule has 0 heterocycles. The molecule has 4 aliphatic rings. The van der Waals surface area contributed by atoms with Gasteiger partial charge < -0.3 is 15.2 Å². The first kappa shape index (κ1) is 21.7. The van der Waals surface area contributed by atoms with Gasteiger partial charge in [0.05, 0.1) is 12.7 Å². The zero-order valence-corrected chi connectivity index (χ0v) is 18.4. The Balaban J connectivity index is 0.00000231. The van der Waals surface area contributed by atoms with Gasteiger partial charge in [0.25, 0.3) is 5.91 Å². The molecular formula is C25H28ClNO4. The van der Waals surface area contributed by atoms with E-state index in [4.69, 9.17) is 9.84 Å². The number of amides is 1. The van der Waals surface area contributed by atoms with E-state index in [-0.39, 0.29) is 29.3 Å². The average Bonchev–Trinajstić information content (AvgIpc) is 2.72. The highest BCUT2D eigenvalue weighted by atomic mass is 35.5. The molecule has 0 atom stereocenters. The third-order valence-corrected chi connectivity index (χ3v) is 7.46. The third kappa shape index (κ3) is 3.91.